The average molecular weight is 362 g/mol. The molecule has 2 aromatic carbocycles. The quantitative estimate of drug-likeness (QED) is 0.835. The summed E-state index contributed by atoms with van der Waals surface area (Å²) in [6.07, 6.45) is 3.14. The van der Waals surface area contributed by atoms with Gasteiger partial charge in [0.1, 0.15) is 6.04 Å². The van der Waals surface area contributed by atoms with Gasteiger partial charge in [-0.05, 0) is 49.3 Å². The van der Waals surface area contributed by atoms with Crippen molar-refractivity contribution in [1.82, 2.24) is 9.80 Å². The van der Waals surface area contributed by atoms with Gasteiger partial charge in [0.15, 0.2) is 0 Å². The topological polar surface area (TPSA) is 40.6 Å². The van der Waals surface area contributed by atoms with Crippen LogP contribution in [0.3, 0.4) is 0 Å². The number of amides is 2. The summed E-state index contributed by atoms with van der Waals surface area (Å²) in [6, 6.07) is 17.8. The first-order chi connectivity index (χ1) is 13.1. The summed E-state index contributed by atoms with van der Waals surface area (Å²) < 4.78 is 0. The summed E-state index contributed by atoms with van der Waals surface area (Å²) in [7, 11) is 0. The lowest BCUT2D eigenvalue weighted by Gasteiger charge is -2.35. The molecule has 0 aliphatic carbocycles. The maximum atomic E-state index is 13.0. The molecule has 4 heteroatoms. The molecule has 1 fully saturated rings. The third-order valence-electron chi connectivity index (χ3n) is 5.97. The normalized spacial score (nSPS) is 18.5. The molecule has 0 aromatic heterocycles. The van der Waals surface area contributed by atoms with Crippen LogP contribution in [0.25, 0.3) is 0 Å². The second-order valence-electron chi connectivity index (χ2n) is 7.72. The van der Waals surface area contributed by atoms with E-state index >= 15 is 0 Å². The Morgan fingerprint density at radius 1 is 1.04 bits per heavy atom. The first kappa shape index (κ1) is 17.8. The van der Waals surface area contributed by atoms with Crippen molar-refractivity contribution in [3.05, 3.63) is 71.3 Å². The molecule has 1 atom stereocenters. The van der Waals surface area contributed by atoms with Crippen molar-refractivity contribution in [3.8, 4) is 0 Å². The summed E-state index contributed by atoms with van der Waals surface area (Å²) in [5, 5.41) is 0. The molecule has 2 heterocycles. The van der Waals surface area contributed by atoms with E-state index in [1.807, 2.05) is 42.2 Å². The van der Waals surface area contributed by atoms with Gasteiger partial charge in [0.2, 0.25) is 5.91 Å². The summed E-state index contributed by atoms with van der Waals surface area (Å²) in [5.41, 5.74) is 3.12. The molecular formula is C23H26N2O2. The third kappa shape index (κ3) is 3.61. The van der Waals surface area contributed by atoms with Gasteiger partial charge in [0.25, 0.3) is 5.91 Å². The van der Waals surface area contributed by atoms with Crippen LogP contribution in [0.1, 0.15) is 41.3 Å². The maximum absolute atomic E-state index is 13.0. The number of fused-ring (bicyclic) bond motifs is 1. The van der Waals surface area contributed by atoms with Crippen LogP contribution >= 0.6 is 0 Å². The maximum Gasteiger partial charge on any atom is 0.255 e. The first-order valence-electron chi connectivity index (χ1n) is 9.85. The zero-order valence-electron chi connectivity index (χ0n) is 15.8. The van der Waals surface area contributed by atoms with Gasteiger partial charge in [0, 0.05) is 25.2 Å². The van der Waals surface area contributed by atoms with Gasteiger partial charge in [-0.25, -0.2) is 0 Å². The number of benzene rings is 2. The van der Waals surface area contributed by atoms with Gasteiger partial charge in [-0.3, -0.25) is 9.59 Å². The van der Waals surface area contributed by atoms with Crippen molar-refractivity contribution in [3.63, 3.8) is 0 Å². The molecule has 4 nitrogen and oxygen atoms in total. The molecule has 1 unspecified atom stereocenters. The minimum Gasteiger partial charge on any atom is -0.341 e. The Balaban J connectivity index is 1.34. The molecular weight excluding hydrogens is 336 g/mol. The predicted octanol–water partition coefficient (Wildman–Crippen LogP) is 3.51. The largest absolute Gasteiger partial charge is 0.341 e. The van der Waals surface area contributed by atoms with Crippen LogP contribution in [-0.2, 0) is 17.8 Å². The van der Waals surface area contributed by atoms with Gasteiger partial charge in [-0.1, -0.05) is 48.5 Å². The molecule has 0 bridgehead atoms. The second kappa shape index (κ2) is 7.55. The Kier molecular flexibility index (Phi) is 4.97. The molecule has 4 rings (SSSR count). The highest BCUT2D eigenvalue weighted by Gasteiger charge is 2.36. The summed E-state index contributed by atoms with van der Waals surface area (Å²) in [6.45, 7) is 3.97. The molecule has 2 amide bonds. The molecule has 0 N–H and O–H groups in total. The monoisotopic (exact) mass is 362 g/mol. The van der Waals surface area contributed by atoms with E-state index in [0.717, 1.165) is 43.5 Å². The summed E-state index contributed by atoms with van der Waals surface area (Å²) >= 11 is 0. The van der Waals surface area contributed by atoms with E-state index in [4.69, 9.17) is 0 Å². The Morgan fingerprint density at radius 2 is 1.70 bits per heavy atom. The molecule has 0 saturated carbocycles. The second-order valence-corrected chi connectivity index (χ2v) is 7.72. The Labute approximate surface area is 160 Å². The van der Waals surface area contributed by atoms with Crippen molar-refractivity contribution in [2.75, 3.05) is 13.1 Å². The zero-order valence-corrected chi connectivity index (χ0v) is 15.8. The van der Waals surface area contributed by atoms with Gasteiger partial charge in [-0.15, -0.1) is 0 Å². The Hall–Kier alpha value is -2.62. The van der Waals surface area contributed by atoms with Gasteiger partial charge in [0.05, 0.1) is 0 Å². The van der Waals surface area contributed by atoms with Crippen molar-refractivity contribution >= 4 is 11.8 Å². The van der Waals surface area contributed by atoms with E-state index in [2.05, 4.69) is 24.3 Å². The molecule has 0 spiro atoms. The van der Waals surface area contributed by atoms with E-state index in [9.17, 15) is 9.59 Å². The van der Waals surface area contributed by atoms with Crippen molar-refractivity contribution in [2.24, 2.45) is 5.92 Å². The lowest BCUT2D eigenvalue weighted by Crippen LogP contribution is -2.49. The van der Waals surface area contributed by atoms with Crippen molar-refractivity contribution < 1.29 is 9.59 Å². The zero-order chi connectivity index (χ0) is 18.8. The first-order valence-corrected chi connectivity index (χ1v) is 9.85. The fraction of sp³-hybridized carbons (Fsp3) is 0.391. The number of hydrogen-bond donors (Lipinski definition) is 0. The van der Waals surface area contributed by atoms with Crippen LogP contribution in [-0.4, -0.2) is 40.7 Å². The van der Waals surface area contributed by atoms with E-state index in [0.29, 0.717) is 12.5 Å². The number of likely N-dealkylation sites (tertiary alicyclic amines) is 1. The number of rotatable bonds is 4. The standard InChI is InChI=1S/C23H26N2O2/c1-17(25-16-20-9-5-6-10-21(20)23(25)27)22(26)24-13-11-19(12-14-24)15-18-7-3-2-4-8-18/h2-10,17,19H,11-16H2,1H3. The van der Waals surface area contributed by atoms with Gasteiger partial charge >= 0.3 is 0 Å². The molecule has 1 saturated heterocycles. The molecule has 27 heavy (non-hydrogen) atoms. The van der Waals surface area contributed by atoms with E-state index in [1.54, 1.807) is 4.90 Å². The highest BCUT2D eigenvalue weighted by molar-refractivity contribution is 6.01. The highest BCUT2D eigenvalue weighted by Crippen LogP contribution is 2.27. The molecule has 0 radical (unpaired) electrons. The number of carbonyl (C=O) groups excluding carboxylic acids is 2. The van der Waals surface area contributed by atoms with E-state index < -0.39 is 6.04 Å². The average Bonchev–Trinajstić information content (AvgIpc) is 3.05. The van der Waals surface area contributed by atoms with Crippen LogP contribution in [0.5, 0.6) is 0 Å². The van der Waals surface area contributed by atoms with Gasteiger partial charge in [-0.2, -0.15) is 0 Å². The molecule has 2 aromatic rings. The number of nitrogens with zero attached hydrogens (tertiary/aromatic N) is 2. The summed E-state index contributed by atoms with van der Waals surface area (Å²) in [5.74, 6) is 0.684. The van der Waals surface area contributed by atoms with E-state index in [1.165, 1.54) is 5.56 Å². The Morgan fingerprint density at radius 3 is 2.41 bits per heavy atom. The molecule has 2 aliphatic heterocycles. The Bertz CT molecular complexity index is 825. The minimum atomic E-state index is -0.407. The fourth-order valence-electron chi connectivity index (χ4n) is 4.29. The fourth-order valence-corrected chi connectivity index (χ4v) is 4.29. The summed E-state index contributed by atoms with van der Waals surface area (Å²) in [4.78, 5) is 29.3. The third-order valence-corrected chi connectivity index (χ3v) is 5.97. The van der Waals surface area contributed by atoms with E-state index in [-0.39, 0.29) is 11.8 Å². The number of carbonyl (C=O) groups is 2. The predicted molar refractivity (Wildman–Crippen MR) is 105 cm³/mol. The number of hydrogen-bond acceptors (Lipinski definition) is 2. The number of piperidine rings is 1. The van der Waals surface area contributed by atoms with Crippen LogP contribution in [0.15, 0.2) is 54.6 Å². The smallest absolute Gasteiger partial charge is 0.255 e. The lowest BCUT2D eigenvalue weighted by molar-refractivity contribution is -0.137. The molecule has 2 aliphatic rings. The van der Waals surface area contributed by atoms with Gasteiger partial charge < -0.3 is 9.80 Å². The van der Waals surface area contributed by atoms with Crippen molar-refractivity contribution in [1.29, 1.82) is 0 Å². The SMILES string of the molecule is CC(C(=O)N1CCC(Cc2ccccc2)CC1)N1Cc2ccccc2C1=O. The van der Waals surface area contributed by atoms with Crippen LogP contribution in [0.2, 0.25) is 0 Å². The lowest BCUT2D eigenvalue weighted by atomic mass is 9.90. The van der Waals surface area contributed by atoms with Crippen LogP contribution in [0.4, 0.5) is 0 Å². The van der Waals surface area contributed by atoms with Crippen LogP contribution < -0.4 is 0 Å². The minimum absolute atomic E-state index is 0.0228. The van der Waals surface area contributed by atoms with Crippen molar-refractivity contribution in [2.45, 2.75) is 38.8 Å². The molecule has 140 valence electrons. The highest BCUT2D eigenvalue weighted by atomic mass is 16.2. The van der Waals surface area contributed by atoms with Crippen LogP contribution in [0, 0.1) is 5.92 Å².